The molecule has 0 bridgehead atoms. The van der Waals surface area contributed by atoms with Crippen molar-refractivity contribution in [1.82, 2.24) is 10.3 Å². The highest BCUT2D eigenvalue weighted by Gasteiger charge is 2.27. The number of carboxylic acid groups (broad SMARTS) is 1. The molecule has 1 heterocycles. The van der Waals surface area contributed by atoms with Crippen molar-refractivity contribution in [3.05, 3.63) is 23.2 Å². The van der Waals surface area contributed by atoms with E-state index >= 15 is 0 Å². The lowest BCUT2D eigenvalue weighted by Gasteiger charge is -2.11. The van der Waals surface area contributed by atoms with Crippen LogP contribution in [0.2, 0.25) is 0 Å². The lowest BCUT2D eigenvalue weighted by molar-refractivity contribution is -0.140. The van der Waals surface area contributed by atoms with Crippen molar-refractivity contribution in [1.29, 1.82) is 0 Å². The van der Waals surface area contributed by atoms with Gasteiger partial charge in [-0.3, -0.25) is 10.1 Å². The summed E-state index contributed by atoms with van der Waals surface area (Å²) in [6, 6.07) is -0.582. The number of nitrogens with one attached hydrogen (secondary N) is 2. The van der Waals surface area contributed by atoms with Crippen molar-refractivity contribution in [2.45, 2.75) is 31.2 Å². The number of nitrogens with zero attached hydrogens (tertiary/aromatic N) is 1. The molecule has 3 rings (SSSR count). The third-order valence-electron chi connectivity index (χ3n) is 3.46. The standard InChI is InChI=1S/C13H15N3O3S/c17-11(18)8-3-4-9(5-8)14-12(19)16-13-15-10(6-20-13)7-1-2-7/h3-4,6-9H,1-2,5H2,(H,17,18)(H2,14,15,16,19). The molecule has 1 aromatic rings. The molecule has 7 heteroatoms. The predicted octanol–water partition coefficient (Wildman–Crippen LogP) is 2.17. The molecular weight excluding hydrogens is 278 g/mol. The molecule has 0 saturated heterocycles. The fourth-order valence-electron chi connectivity index (χ4n) is 2.20. The van der Waals surface area contributed by atoms with Crippen LogP contribution in [0, 0.1) is 5.92 Å². The second-order valence-corrected chi connectivity index (χ2v) is 5.98. The highest BCUT2D eigenvalue weighted by molar-refractivity contribution is 7.13. The Morgan fingerprint density at radius 3 is 2.80 bits per heavy atom. The maximum atomic E-state index is 11.8. The maximum absolute atomic E-state index is 11.8. The molecule has 0 radical (unpaired) electrons. The summed E-state index contributed by atoms with van der Waals surface area (Å²) in [5.41, 5.74) is 1.05. The Morgan fingerprint density at radius 2 is 2.15 bits per heavy atom. The summed E-state index contributed by atoms with van der Waals surface area (Å²) in [5.74, 6) is -0.805. The van der Waals surface area contributed by atoms with Gasteiger partial charge >= 0.3 is 12.0 Å². The van der Waals surface area contributed by atoms with Crippen LogP contribution in [0.3, 0.4) is 0 Å². The number of aliphatic carboxylic acids is 1. The van der Waals surface area contributed by atoms with Gasteiger partial charge in [-0.1, -0.05) is 12.2 Å². The van der Waals surface area contributed by atoms with Crippen LogP contribution in [0.25, 0.3) is 0 Å². The Balaban J connectivity index is 1.49. The van der Waals surface area contributed by atoms with Gasteiger partial charge in [0.15, 0.2) is 5.13 Å². The van der Waals surface area contributed by atoms with E-state index in [1.165, 1.54) is 24.2 Å². The van der Waals surface area contributed by atoms with Gasteiger partial charge in [-0.2, -0.15) is 0 Å². The Bertz CT molecular complexity index is 565. The van der Waals surface area contributed by atoms with E-state index < -0.39 is 11.9 Å². The van der Waals surface area contributed by atoms with Crippen LogP contribution in [0.5, 0.6) is 0 Å². The molecule has 20 heavy (non-hydrogen) atoms. The van der Waals surface area contributed by atoms with E-state index in [1.54, 1.807) is 12.2 Å². The summed E-state index contributed by atoms with van der Waals surface area (Å²) in [5, 5.41) is 16.9. The van der Waals surface area contributed by atoms with Crippen molar-refractivity contribution in [2.24, 2.45) is 5.92 Å². The second-order valence-electron chi connectivity index (χ2n) is 5.12. The zero-order valence-electron chi connectivity index (χ0n) is 10.7. The fourth-order valence-corrected chi connectivity index (χ4v) is 2.99. The molecule has 1 saturated carbocycles. The number of amides is 2. The molecule has 2 aliphatic carbocycles. The quantitative estimate of drug-likeness (QED) is 0.742. The van der Waals surface area contributed by atoms with Gasteiger partial charge in [0.05, 0.1) is 17.7 Å². The van der Waals surface area contributed by atoms with E-state index in [2.05, 4.69) is 15.6 Å². The summed E-state index contributed by atoms with van der Waals surface area (Å²) in [4.78, 5) is 27.0. The molecule has 2 amide bonds. The van der Waals surface area contributed by atoms with Crippen LogP contribution in [0.15, 0.2) is 17.5 Å². The van der Waals surface area contributed by atoms with Crippen LogP contribution < -0.4 is 10.6 Å². The van der Waals surface area contributed by atoms with E-state index in [0.29, 0.717) is 17.5 Å². The Morgan fingerprint density at radius 1 is 1.35 bits per heavy atom. The number of hydrogen-bond acceptors (Lipinski definition) is 4. The lowest BCUT2D eigenvalue weighted by Crippen LogP contribution is -2.36. The van der Waals surface area contributed by atoms with Crippen LogP contribution in [-0.4, -0.2) is 28.1 Å². The van der Waals surface area contributed by atoms with Crippen molar-refractivity contribution >= 4 is 28.5 Å². The number of rotatable bonds is 4. The van der Waals surface area contributed by atoms with Crippen molar-refractivity contribution in [3.8, 4) is 0 Å². The summed E-state index contributed by atoms with van der Waals surface area (Å²) >= 11 is 1.41. The second kappa shape index (κ2) is 5.24. The van der Waals surface area contributed by atoms with Crippen molar-refractivity contribution < 1.29 is 14.7 Å². The van der Waals surface area contributed by atoms with Crippen LogP contribution in [0.1, 0.15) is 30.9 Å². The predicted molar refractivity (Wildman–Crippen MR) is 74.9 cm³/mol. The Labute approximate surface area is 119 Å². The Hall–Kier alpha value is -1.89. The summed E-state index contributed by atoms with van der Waals surface area (Å²) < 4.78 is 0. The molecule has 2 atom stereocenters. The van der Waals surface area contributed by atoms with Gasteiger partial charge in [-0.25, -0.2) is 9.78 Å². The first-order chi connectivity index (χ1) is 9.61. The normalized spacial score (nSPS) is 24.6. The minimum absolute atomic E-state index is 0.237. The summed E-state index contributed by atoms with van der Waals surface area (Å²) in [6.07, 6.45) is 6.09. The van der Waals surface area contributed by atoms with E-state index in [-0.39, 0.29) is 12.1 Å². The average Bonchev–Trinajstić information content (AvgIpc) is 2.96. The minimum Gasteiger partial charge on any atom is -0.481 e. The number of urea groups is 1. The topological polar surface area (TPSA) is 91.3 Å². The first kappa shape index (κ1) is 13.1. The molecule has 0 spiro atoms. The zero-order valence-corrected chi connectivity index (χ0v) is 11.5. The summed E-state index contributed by atoms with van der Waals surface area (Å²) in [6.45, 7) is 0. The molecule has 0 aliphatic heterocycles. The largest absolute Gasteiger partial charge is 0.481 e. The lowest BCUT2D eigenvalue weighted by atomic mass is 10.1. The molecule has 6 nitrogen and oxygen atoms in total. The smallest absolute Gasteiger partial charge is 0.321 e. The first-order valence-corrected chi connectivity index (χ1v) is 7.44. The summed E-state index contributed by atoms with van der Waals surface area (Å²) in [7, 11) is 0. The fraction of sp³-hybridized carbons (Fsp3) is 0.462. The van der Waals surface area contributed by atoms with E-state index in [1.807, 2.05) is 5.38 Å². The monoisotopic (exact) mass is 293 g/mol. The van der Waals surface area contributed by atoms with Gasteiger partial charge in [0.1, 0.15) is 0 Å². The zero-order chi connectivity index (χ0) is 14.1. The van der Waals surface area contributed by atoms with E-state index in [9.17, 15) is 9.59 Å². The van der Waals surface area contributed by atoms with E-state index in [4.69, 9.17) is 5.11 Å². The number of anilines is 1. The van der Waals surface area contributed by atoms with Gasteiger partial charge in [0.25, 0.3) is 0 Å². The van der Waals surface area contributed by atoms with Gasteiger partial charge < -0.3 is 10.4 Å². The van der Waals surface area contributed by atoms with Crippen LogP contribution in [0.4, 0.5) is 9.93 Å². The van der Waals surface area contributed by atoms with Crippen molar-refractivity contribution in [3.63, 3.8) is 0 Å². The van der Waals surface area contributed by atoms with Gasteiger partial charge in [-0.05, 0) is 19.3 Å². The molecular formula is C13H15N3O3S. The molecule has 1 aromatic heterocycles. The number of carboxylic acids is 1. The number of carbonyl (C=O) groups excluding carboxylic acids is 1. The van der Waals surface area contributed by atoms with Gasteiger partial charge in [0, 0.05) is 11.3 Å². The number of aromatic nitrogens is 1. The minimum atomic E-state index is -0.861. The van der Waals surface area contributed by atoms with Gasteiger partial charge in [-0.15, -0.1) is 11.3 Å². The maximum Gasteiger partial charge on any atom is 0.321 e. The SMILES string of the molecule is O=C(Nc1nc(C2CC2)cs1)NC1C=CC(C(=O)O)C1. The van der Waals surface area contributed by atoms with E-state index in [0.717, 1.165) is 5.69 Å². The highest BCUT2D eigenvalue weighted by atomic mass is 32.1. The molecule has 0 aromatic carbocycles. The van der Waals surface area contributed by atoms with Crippen LogP contribution in [-0.2, 0) is 4.79 Å². The molecule has 1 fully saturated rings. The number of carbonyl (C=O) groups is 2. The Kier molecular flexibility index (Phi) is 3.43. The molecule has 2 unspecified atom stereocenters. The average molecular weight is 293 g/mol. The third-order valence-corrected chi connectivity index (χ3v) is 4.23. The van der Waals surface area contributed by atoms with Crippen LogP contribution >= 0.6 is 11.3 Å². The molecule has 3 N–H and O–H groups in total. The number of thiazole rings is 1. The van der Waals surface area contributed by atoms with Gasteiger partial charge in [0.2, 0.25) is 0 Å². The third kappa shape index (κ3) is 2.98. The highest BCUT2D eigenvalue weighted by Crippen LogP contribution is 2.40. The molecule has 106 valence electrons. The first-order valence-electron chi connectivity index (χ1n) is 6.56. The van der Waals surface area contributed by atoms with Crippen molar-refractivity contribution in [2.75, 3.05) is 5.32 Å². The molecule has 2 aliphatic rings. The number of hydrogen-bond donors (Lipinski definition) is 3.